The molecule has 0 N–H and O–H groups in total. The lowest BCUT2D eigenvalue weighted by Crippen LogP contribution is -2.44. The minimum Gasteiger partial charge on any atom is -0.462 e. The highest BCUT2D eigenvalue weighted by Gasteiger charge is 2.42. The van der Waals surface area contributed by atoms with E-state index in [0.29, 0.717) is 12.2 Å². The first-order chi connectivity index (χ1) is 12.6. The second-order valence-corrected chi connectivity index (χ2v) is 6.11. The van der Waals surface area contributed by atoms with Crippen LogP contribution in [0.4, 0.5) is 0 Å². The summed E-state index contributed by atoms with van der Waals surface area (Å²) in [5, 5.41) is 9.69. The van der Waals surface area contributed by atoms with Crippen molar-refractivity contribution in [3.63, 3.8) is 0 Å². The van der Waals surface area contributed by atoms with Gasteiger partial charge in [-0.1, -0.05) is 62.2 Å². The van der Waals surface area contributed by atoms with Crippen molar-refractivity contribution >= 4 is 5.97 Å². The lowest BCUT2D eigenvalue weighted by Gasteiger charge is -2.25. The molecule has 0 aliphatic rings. The first-order valence-corrected chi connectivity index (χ1v) is 9.08. The number of carbonyl (C=O) groups is 1. The molecular formula is C22H25NO3. The SMILES string of the molecule is CCCCCC(C#N)(Oc1ccc(-c2ccccc2)cc1)C(=O)OCC. The third kappa shape index (κ3) is 4.86. The number of nitriles is 1. The Morgan fingerprint density at radius 2 is 1.65 bits per heavy atom. The molecule has 1 unspecified atom stereocenters. The van der Waals surface area contributed by atoms with Gasteiger partial charge in [0.1, 0.15) is 11.8 Å². The van der Waals surface area contributed by atoms with E-state index in [4.69, 9.17) is 9.47 Å². The summed E-state index contributed by atoms with van der Waals surface area (Å²) in [4.78, 5) is 12.4. The quantitative estimate of drug-likeness (QED) is 0.464. The number of rotatable bonds is 9. The van der Waals surface area contributed by atoms with E-state index in [-0.39, 0.29) is 6.61 Å². The molecule has 26 heavy (non-hydrogen) atoms. The summed E-state index contributed by atoms with van der Waals surface area (Å²) >= 11 is 0. The summed E-state index contributed by atoms with van der Waals surface area (Å²) in [6.45, 7) is 4.01. The molecule has 0 spiro atoms. The van der Waals surface area contributed by atoms with E-state index in [1.165, 1.54) is 0 Å². The van der Waals surface area contributed by atoms with Gasteiger partial charge in [0.25, 0.3) is 5.60 Å². The molecule has 0 radical (unpaired) electrons. The largest absolute Gasteiger partial charge is 0.462 e. The molecule has 0 saturated carbocycles. The monoisotopic (exact) mass is 351 g/mol. The Morgan fingerprint density at radius 1 is 1.00 bits per heavy atom. The van der Waals surface area contributed by atoms with Crippen molar-refractivity contribution in [2.75, 3.05) is 6.61 Å². The van der Waals surface area contributed by atoms with Crippen LogP contribution in [-0.2, 0) is 9.53 Å². The van der Waals surface area contributed by atoms with E-state index in [9.17, 15) is 10.1 Å². The van der Waals surface area contributed by atoms with Crippen molar-refractivity contribution in [3.05, 3.63) is 54.6 Å². The Labute approximate surface area is 155 Å². The highest BCUT2D eigenvalue weighted by molar-refractivity contribution is 5.83. The van der Waals surface area contributed by atoms with Gasteiger partial charge in [0, 0.05) is 6.42 Å². The topological polar surface area (TPSA) is 59.3 Å². The normalized spacial score (nSPS) is 12.7. The first kappa shape index (κ1) is 19.5. The zero-order valence-electron chi connectivity index (χ0n) is 15.4. The molecule has 0 fully saturated rings. The maximum atomic E-state index is 12.4. The number of carbonyl (C=O) groups excluding carboxylic acids is 1. The maximum absolute atomic E-state index is 12.4. The molecule has 4 heteroatoms. The van der Waals surface area contributed by atoms with Crippen LogP contribution in [-0.4, -0.2) is 18.2 Å². The predicted octanol–water partition coefficient (Wildman–Crippen LogP) is 5.14. The van der Waals surface area contributed by atoms with Crippen molar-refractivity contribution in [1.82, 2.24) is 0 Å². The van der Waals surface area contributed by atoms with Gasteiger partial charge in [-0.05, 0) is 36.6 Å². The van der Waals surface area contributed by atoms with Gasteiger partial charge in [0.15, 0.2) is 0 Å². The van der Waals surface area contributed by atoms with Gasteiger partial charge >= 0.3 is 5.97 Å². The highest BCUT2D eigenvalue weighted by Crippen LogP contribution is 2.28. The Hall–Kier alpha value is -2.80. The fraction of sp³-hybridized carbons (Fsp3) is 0.364. The van der Waals surface area contributed by atoms with Gasteiger partial charge in [-0.3, -0.25) is 0 Å². The molecule has 2 aromatic rings. The summed E-state index contributed by atoms with van der Waals surface area (Å²) in [6.07, 6.45) is 2.97. The molecule has 0 bridgehead atoms. The summed E-state index contributed by atoms with van der Waals surface area (Å²) in [7, 11) is 0. The van der Waals surface area contributed by atoms with Crippen molar-refractivity contribution in [2.45, 2.75) is 45.1 Å². The van der Waals surface area contributed by atoms with Gasteiger partial charge in [0.05, 0.1) is 6.61 Å². The highest BCUT2D eigenvalue weighted by atomic mass is 16.6. The third-order valence-electron chi connectivity index (χ3n) is 4.17. The van der Waals surface area contributed by atoms with E-state index in [1.807, 2.05) is 42.5 Å². The molecule has 2 aromatic carbocycles. The summed E-state index contributed by atoms with van der Waals surface area (Å²) in [6, 6.07) is 19.5. The summed E-state index contributed by atoms with van der Waals surface area (Å²) in [5.41, 5.74) is 0.543. The van der Waals surface area contributed by atoms with Gasteiger partial charge in [-0.25, -0.2) is 4.79 Å². The Balaban J connectivity index is 2.21. The van der Waals surface area contributed by atoms with Crippen LogP contribution in [0.25, 0.3) is 11.1 Å². The van der Waals surface area contributed by atoms with Crippen molar-refractivity contribution < 1.29 is 14.3 Å². The van der Waals surface area contributed by atoms with Crippen LogP contribution in [0.15, 0.2) is 54.6 Å². The first-order valence-electron chi connectivity index (χ1n) is 9.08. The van der Waals surface area contributed by atoms with Crippen molar-refractivity contribution in [3.8, 4) is 22.9 Å². The van der Waals surface area contributed by atoms with E-state index in [1.54, 1.807) is 19.1 Å². The number of unbranched alkanes of at least 4 members (excludes halogenated alkanes) is 2. The van der Waals surface area contributed by atoms with Crippen molar-refractivity contribution in [1.29, 1.82) is 5.26 Å². The summed E-state index contributed by atoms with van der Waals surface area (Å²) < 4.78 is 11.0. The average molecular weight is 351 g/mol. The van der Waals surface area contributed by atoms with E-state index in [0.717, 1.165) is 30.4 Å². The summed E-state index contributed by atoms with van der Waals surface area (Å²) in [5.74, 6) is -0.137. The number of ether oxygens (including phenoxy) is 2. The molecule has 0 aromatic heterocycles. The van der Waals surface area contributed by atoms with E-state index in [2.05, 4.69) is 13.0 Å². The lowest BCUT2D eigenvalue weighted by atomic mass is 9.97. The zero-order valence-corrected chi connectivity index (χ0v) is 15.4. The molecular weight excluding hydrogens is 326 g/mol. The minimum atomic E-state index is -1.60. The molecule has 2 rings (SSSR count). The third-order valence-corrected chi connectivity index (χ3v) is 4.17. The molecule has 4 nitrogen and oxygen atoms in total. The van der Waals surface area contributed by atoms with Crippen LogP contribution in [0.3, 0.4) is 0 Å². The molecule has 1 atom stereocenters. The fourth-order valence-corrected chi connectivity index (χ4v) is 2.74. The molecule has 0 heterocycles. The molecule has 0 aliphatic heterocycles. The van der Waals surface area contributed by atoms with Crippen LogP contribution < -0.4 is 4.74 Å². The second kappa shape index (κ2) is 9.62. The van der Waals surface area contributed by atoms with E-state index < -0.39 is 11.6 Å². The standard InChI is InChI=1S/C22H25NO3/c1-3-5-9-16-22(17-23,21(24)25-4-2)26-20-14-12-19(13-15-20)18-10-7-6-8-11-18/h6-8,10-15H,3-5,9,16H2,1-2H3. The number of hydrogen-bond acceptors (Lipinski definition) is 4. The molecule has 0 aliphatic carbocycles. The number of benzene rings is 2. The van der Waals surface area contributed by atoms with Gasteiger partial charge in [-0.15, -0.1) is 0 Å². The van der Waals surface area contributed by atoms with Gasteiger partial charge in [0.2, 0.25) is 0 Å². The molecule has 0 saturated heterocycles. The Bertz CT molecular complexity index is 734. The second-order valence-electron chi connectivity index (χ2n) is 6.11. The molecule has 136 valence electrons. The number of esters is 1. The smallest absolute Gasteiger partial charge is 0.365 e. The van der Waals surface area contributed by atoms with Gasteiger partial charge < -0.3 is 9.47 Å². The zero-order chi connectivity index (χ0) is 18.8. The average Bonchev–Trinajstić information content (AvgIpc) is 2.68. The Kier molecular flexibility index (Phi) is 7.23. The van der Waals surface area contributed by atoms with Gasteiger partial charge in [-0.2, -0.15) is 5.26 Å². The fourth-order valence-electron chi connectivity index (χ4n) is 2.74. The van der Waals surface area contributed by atoms with Crippen LogP contribution in [0, 0.1) is 11.3 Å². The predicted molar refractivity (Wildman–Crippen MR) is 102 cm³/mol. The molecule has 0 amide bonds. The number of hydrogen-bond donors (Lipinski definition) is 0. The minimum absolute atomic E-state index is 0.215. The lowest BCUT2D eigenvalue weighted by molar-refractivity contribution is -0.157. The van der Waals surface area contributed by atoms with E-state index >= 15 is 0 Å². The van der Waals surface area contributed by atoms with Crippen LogP contribution in [0.1, 0.15) is 39.5 Å². The van der Waals surface area contributed by atoms with Crippen LogP contribution in [0.2, 0.25) is 0 Å². The van der Waals surface area contributed by atoms with Crippen molar-refractivity contribution in [2.24, 2.45) is 0 Å². The maximum Gasteiger partial charge on any atom is 0.365 e. The van der Waals surface area contributed by atoms with Crippen LogP contribution >= 0.6 is 0 Å². The number of nitrogens with zero attached hydrogens (tertiary/aromatic N) is 1. The van der Waals surface area contributed by atoms with Crippen LogP contribution in [0.5, 0.6) is 5.75 Å². The Morgan fingerprint density at radius 3 is 2.23 bits per heavy atom.